The molecule has 1 unspecified atom stereocenters. The molecule has 19 heavy (non-hydrogen) atoms. The second kappa shape index (κ2) is 5.56. The molecule has 6 heteroatoms. The molecular weight excluding hydrogens is 266 g/mol. The fraction of sp³-hybridized carbons (Fsp3) is 0.231. The van der Waals surface area contributed by atoms with E-state index in [4.69, 9.17) is 4.42 Å². The summed E-state index contributed by atoms with van der Waals surface area (Å²) in [6.07, 6.45) is 1.77. The van der Waals surface area contributed by atoms with Crippen LogP contribution >= 0.6 is 0 Å². The zero-order valence-corrected chi connectivity index (χ0v) is 11.2. The highest BCUT2D eigenvalue weighted by Gasteiger charge is 2.10. The van der Waals surface area contributed by atoms with Crippen LogP contribution in [0.1, 0.15) is 11.7 Å². The Bertz CT molecular complexity index is 617. The molecule has 0 saturated heterocycles. The first-order chi connectivity index (χ1) is 8.96. The molecule has 1 aromatic carbocycles. The fourth-order valence-corrected chi connectivity index (χ4v) is 2.12. The SMILES string of the molecule is CS(=O)(=O)NCC(O)c1ccc(-c2ccco2)cc1. The van der Waals surface area contributed by atoms with Crippen LogP contribution in [0.2, 0.25) is 0 Å². The lowest BCUT2D eigenvalue weighted by atomic mass is 10.1. The minimum atomic E-state index is -3.30. The van der Waals surface area contributed by atoms with Crippen LogP contribution in [0.15, 0.2) is 47.1 Å². The summed E-state index contributed by atoms with van der Waals surface area (Å²) in [7, 11) is -3.30. The van der Waals surface area contributed by atoms with E-state index in [9.17, 15) is 13.5 Å². The van der Waals surface area contributed by atoms with Crippen LogP contribution in [0.3, 0.4) is 0 Å². The Morgan fingerprint density at radius 1 is 1.26 bits per heavy atom. The minimum absolute atomic E-state index is 0.0427. The number of nitrogens with one attached hydrogen (secondary N) is 1. The van der Waals surface area contributed by atoms with Crippen LogP contribution < -0.4 is 4.72 Å². The van der Waals surface area contributed by atoms with Crippen molar-refractivity contribution >= 4 is 10.0 Å². The van der Waals surface area contributed by atoms with E-state index in [0.29, 0.717) is 5.56 Å². The van der Waals surface area contributed by atoms with Crippen molar-refractivity contribution in [1.29, 1.82) is 0 Å². The van der Waals surface area contributed by atoms with Gasteiger partial charge in [0.1, 0.15) is 5.76 Å². The van der Waals surface area contributed by atoms with Crippen molar-refractivity contribution < 1.29 is 17.9 Å². The van der Waals surface area contributed by atoms with Crippen LogP contribution in [0.5, 0.6) is 0 Å². The quantitative estimate of drug-likeness (QED) is 0.871. The first-order valence-electron chi connectivity index (χ1n) is 5.72. The Hall–Kier alpha value is -1.63. The van der Waals surface area contributed by atoms with E-state index in [0.717, 1.165) is 17.6 Å². The molecule has 0 fully saturated rings. The third-order valence-corrected chi connectivity index (χ3v) is 3.33. The lowest BCUT2D eigenvalue weighted by molar-refractivity contribution is 0.182. The predicted octanol–water partition coefficient (Wildman–Crippen LogP) is 1.53. The molecule has 0 spiro atoms. The van der Waals surface area contributed by atoms with E-state index in [1.54, 1.807) is 24.5 Å². The number of rotatable bonds is 5. The summed E-state index contributed by atoms with van der Waals surface area (Å²) < 4.78 is 29.4. The molecule has 0 aliphatic carbocycles. The van der Waals surface area contributed by atoms with Gasteiger partial charge in [0, 0.05) is 12.1 Å². The van der Waals surface area contributed by atoms with Gasteiger partial charge in [-0.1, -0.05) is 24.3 Å². The van der Waals surface area contributed by atoms with Gasteiger partial charge in [0.15, 0.2) is 0 Å². The van der Waals surface area contributed by atoms with E-state index in [1.165, 1.54) is 0 Å². The zero-order valence-electron chi connectivity index (χ0n) is 10.4. The van der Waals surface area contributed by atoms with Gasteiger partial charge >= 0.3 is 0 Å². The number of benzene rings is 1. The van der Waals surface area contributed by atoms with Crippen molar-refractivity contribution in [2.24, 2.45) is 0 Å². The monoisotopic (exact) mass is 281 g/mol. The third kappa shape index (κ3) is 3.92. The maximum Gasteiger partial charge on any atom is 0.208 e. The van der Waals surface area contributed by atoms with Crippen LogP contribution in [-0.2, 0) is 10.0 Å². The number of furan rings is 1. The summed E-state index contributed by atoms with van der Waals surface area (Å²) in [5.74, 6) is 0.746. The van der Waals surface area contributed by atoms with Crippen LogP contribution in [0.25, 0.3) is 11.3 Å². The van der Waals surface area contributed by atoms with Gasteiger partial charge < -0.3 is 9.52 Å². The number of hydrogen-bond acceptors (Lipinski definition) is 4. The van der Waals surface area contributed by atoms with Crippen molar-refractivity contribution in [3.8, 4) is 11.3 Å². The van der Waals surface area contributed by atoms with Gasteiger partial charge in [0.2, 0.25) is 10.0 Å². The van der Waals surface area contributed by atoms with E-state index < -0.39 is 16.1 Å². The van der Waals surface area contributed by atoms with Crippen molar-refractivity contribution in [3.63, 3.8) is 0 Å². The molecule has 0 aliphatic rings. The molecule has 2 rings (SSSR count). The van der Waals surface area contributed by atoms with Crippen LogP contribution in [-0.4, -0.2) is 26.3 Å². The van der Waals surface area contributed by atoms with E-state index in [1.807, 2.05) is 18.2 Å². The normalized spacial score (nSPS) is 13.4. The number of sulfonamides is 1. The van der Waals surface area contributed by atoms with Crippen molar-refractivity contribution in [1.82, 2.24) is 4.72 Å². The van der Waals surface area contributed by atoms with Crippen molar-refractivity contribution in [2.75, 3.05) is 12.8 Å². The highest BCUT2D eigenvalue weighted by molar-refractivity contribution is 7.88. The molecule has 102 valence electrons. The molecule has 0 saturated carbocycles. The average molecular weight is 281 g/mol. The Balaban J connectivity index is 2.06. The highest BCUT2D eigenvalue weighted by atomic mass is 32.2. The predicted molar refractivity (Wildman–Crippen MR) is 72.0 cm³/mol. The number of aliphatic hydroxyl groups is 1. The minimum Gasteiger partial charge on any atom is -0.464 e. The van der Waals surface area contributed by atoms with Gasteiger partial charge in [-0.3, -0.25) is 0 Å². The number of hydrogen-bond donors (Lipinski definition) is 2. The first kappa shape index (κ1) is 13.8. The lowest BCUT2D eigenvalue weighted by Crippen LogP contribution is -2.27. The topological polar surface area (TPSA) is 79.5 Å². The third-order valence-electron chi connectivity index (χ3n) is 2.64. The van der Waals surface area contributed by atoms with E-state index >= 15 is 0 Å². The fourth-order valence-electron chi connectivity index (χ4n) is 1.66. The Kier molecular flexibility index (Phi) is 4.04. The molecule has 2 N–H and O–H groups in total. The van der Waals surface area contributed by atoms with Gasteiger partial charge in [0.05, 0.1) is 18.6 Å². The molecule has 0 aliphatic heterocycles. The Labute approximate surface area is 111 Å². The maximum absolute atomic E-state index is 10.9. The van der Waals surface area contributed by atoms with Gasteiger partial charge in [-0.25, -0.2) is 13.1 Å². The summed E-state index contributed by atoms with van der Waals surface area (Å²) in [5.41, 5.74) is 1.54. The average Bonchev–Trinajstić information content (AvgIpc) is 2.89. The van der Waals surface area contributed by atoms with Crippen LogP contribution in [0, 0.1) is 0 Å². The summed E-state index contributed by atoms with van der Waals surface area (Å²) in [6, 6.07) is 10.8. The zero-order chi connectivity index (χ0) is 13.9. The molecule has 0 radical (unpaired) electrons. The summed E-state index contributed by atoms with van der Waals surface area (Å²) in [6.45, 7) is -0.0427. The van der Waals surface area contributed by atoms with Crippen LogP contribution in [0.4, 0.5) is 0 Å². The maximum atomic E-state index is 10.9. The molecule has 2 aromatic rings. The number of aliphatic hydroxyl groups excluding tert-OH is 1. The molecule has 1 heterocycles. The van der Waals surface area contributed by atoms with E-state index in [2.05, 4.69) is 4.72 Å². The molecule has 1 aromatic heterocycles. The Morgan fingerprint density at radius 3 is 2.47 bits per heavy atom. The first-order valence-corrected chi connectivity index (χ1v) is 7.61. The second-order valence-electron chi connectivity index (χ2n) is 4.24. The van der Waals surface area contributed by atoms with Crippen molar-refractivity contribution in [2.45, 2.75) is 6.10 Å². The smallest absolute Gasteiger partial charge is 0.208 e. The summed E-state index contributed by atoms with van der Waals surface area (Å²) in [5, 5.41) is 9.85. The molecule has 5 nitrogen and oxygen atoms in total. The standard InChI is InChI=1S/C13H15NO4S/c1-19(16,17)14-9-12(15)10-4-6-11(7-5-10)13-3-2-8-18-13/h2-8,12,14-15H,9H2,1H3. The summed E-state index contributed by atoms with van der Waals surface area (Å²) in [4.78, 5) is 0. The molecule has 0 amide bonds. The largest absolute Gasteiger partial charge is 0.464 e. The van der Waals surface area contributed by atoms with Gasteiger partial charge in [-0.15, -0.1) is 0 Å². The Morgan fingerprint density at radius 2 is 1.95 bits per heavy atom. The van der Waals surface area contributed by atoms with Gasteiger partial charge in [0.25, 0.3) is 0 Å². The van der Waals surface area contributed by atoms with E-state index in [-0.39, 0.29) is 6.54 Å². The van der Waals surface area contributed by atoms with Crippen molar-refractivity contribution in [3.05, 3.63) is 48.2 Å². The summed E-state index contributed by atoms with van der Waals surface area (Å²) >= 11 is 0. The van der Waals surface area contributed by atoms with Gasteiger partial charge in [-0.2, -0.15) is 0 Å². The van der Waals surface area contributed by atoms with Gasteiger partial charge in [-0.05, 0) is 17.7 Å². The molecular formula is C13H15NO4S. The second-order valence-corrected chi connectivity index (χ2v) is 6.07. The molecule has 1 atom stereocenters. The molecule has 0 bridgehead atoms. The highest BCUT2D eigenvalue weighted by Crippen LogP contribution is 2.22. The lowest BCUT2D eigenvalue weighted by Gasteiger charge is -2.11.